The van der Waals surface area contributed by atoms with Crippen molar-refractivity contribution in [2.45, 2.75) is 31.6 Å². The van der Waals surface area contributed by atoms with Crippen molar-refractivity contribution in [3.8, 4) is 56.0 Å². The molecule has 0 saturated carbocycles. The summed E-state index contributed by atoms with van der Waals surface area (Å²) in [6.45, 7) is 4.50. The van der Waals surface area contributed by atoms with Crippen LogP contribution >= 0.6 is 0 Å². The summed E-state index contributed by atoms with van der Waals surface area (Å²) in [5.74, 6) is 2.18. The molecular formula is C65H51NO. The predicted octanol–water partition coefficient (Wildman–Crippen LogP) is 17.8. The Kier molecular flexibility index (Phi) is 11.1. The third kappa shape index (κ3) is 7.81. The molecule has 0 heterocycles. The van der Waals surface area contributed by atoms with Gasteiger partial charge in [-0.15, -0.1) is 0 Å². The Bertz CT molecular complexity index is 3170. The van der Waals surface area contributed by atoms with Gasteiger partial charge in [0.1, 0.15) is 11.5 Å². The summed E-state index contributed by atoms with van der Waals surface area (Å²) >= 11 is 0. The lowest BCUT2D eigenvalue weighted by atomic mass is 9.67. The molecule has 11 rings (SSSR count). The van der Waals surface area contributed by atoms with E-state index in [0.29, 0.717) is 5.92 Å². The molecule has 10 aromatic rings. The zero-order valence-electron chi connectivity index (χ0n) is 37.9. The molecule has 1 aliphatic carbocycles. The Morgan fingerprint density at radius 1 is 0.373 bits per heavy atom. The molecule has 10 aromatic carbocycles. The van der Waals surface area contributed by atoms with Crippen molar-refractivity contribution in [3.63, 3.8) is 0 Å². The van der Waals surface area contributed by atoms with Crippen LogP contribution in [0.2, 0.25) is 0 Å². The fraction of sp³-hybridized carbons (Fsp3) is 0.0769. The third-order valence-corrected chi connectivity index (χ3v) is 13.8. The molecule has 0 N–H and O–H groups in total. The van der Waals surface area contributed by atoms with Crippen LogP contribution in [-0.2, 0) is 5.41 Å². The molecular weight excluding hydrogens is 811 g/mol. The molecule has 0 saturated heterocycles. The van der Waals surface area contributed by atoms with Gasteiger partial charge in [0, 0.05) is 17.1 Å². The standard InChI is InChI=1S/C65H51NO/c1-3-46(2)47-29-40-59(41-30-47)67-60-42-32-55(33-43-60)65(54-19-11-6-12-20-54)63-22-14-13-21-61(63)62-44-31-53(45-64(62)65)52-27-38-58(39-28-52)66(56-34-23-50(24-35-56)48-15-7-4-8-16-48)57-36-25-51(26-37-57)49-17-9-5-10-18-49/h4-46H,3H2,1-2H3. The minimum Gasteiger partial charge on any atom is -0.457 e. The summed E-state index contributed by atoms with van der Waals surface area (Å²) in [5, 5.41) is 0. The summed E-state index contributed by atoms with van der Waals surface area (Å²) in [7, 11) is 0. The highest BCUT2D eigenvalue weighted by atomic mass is 16.5. The van der Waals surface area contributed by atoms with E-state index in [1.54, 1.807) is 0 Å². The van der Waals surface area contributed by atoms with Crippen LogP contribution in [0.25, 0.3) is 44.5 Å². The fourth-order valence-electron chi connectivity index (χ4n) is 10.1. The van der Waals surface area contributed by atoms with Crippen LogP contribution in [0, 0.1) is 0 Å². The van der Waals surface area contributed by atoms with Gasteiger partial charge in [0.05, 0.1) is 5.41 Å². The topological polar surface area (TPSA) is 12.5 Å². The van der Waals surface area contributed by atoms with Gasteiger partial charge >= 0.3 is 0 Å². The highest BCUT2D eigenvalue weighted by Crippen LogP contribution is 2.57. The minimum atomic E-state index is -0.547. The quantitative estimate of drug-likeness (QED) is 0.121. The normalized spacial score (nSPS) is 14.2. The minimum absolute atomic E-state index is 0.522. The Balaban J connectivity index is 0.971. The van der Waals surface area contributed by atoms with E-state index in [-0.39, 0.29) is 0 Å². The molecule has 2 heteroatoms. The molecule has 1 aliphatic rings. The van der Waals surface area contributed by atoms with E-state index in [9.17, 15) is 0 Å². The van der Waals surface area contributed by atoms with Crippen molar-refractivity contribution in [1.29, 1.82) is 0 Å². The molecule has 0 bridgehead atoms. The van der Waals surface area contributed by atoms with Gasteiger partial charge in [-0.3, -0.25) is 0 Å². The second kappa shape index (κ2) is 18.0. The van der Waals surface area contributed by atoms with Gasteiger partial charge in [-0.1, -0.05) is 202 Å². The molecule has 0 fully saturated rings. The van der Waals surface area contributed by atoms with Gasteiger partial charge in [-0.25, -0.2) is 0 Å². The van der Waals surface area contributed by atoms with Gasteiger partial charge in [-0.05, 0) is 151 Å². The summed E-state index contributed by atoms with van der Waals surface area (Å²) < 4.78 is 6.45. The fourth-order valence-corrected chi connectivity index (χ4v) is 10.1. The summed E-state index contributed by atoms with van der Waals surface area (Å²) in [5.41, 5.74) is 18.7. The number of nitrogens with zero attached hydrogens (tertiary/aromatic N) is 1. The third-order valence-electron chi connectivity index (χ3n) is 13.8. The van der Waals surface area contributed by atoms with Crippen LogP contribution < -0.4 is 9.64 Å². The largest absolute Gasteiger partial charge is 0.457 e. The first-order valence-corrected chi connectivity index (χ1v) is 23.5. The van der Waals surface area contributed by atoms with E-state index in [0.717, 1.165) is 40.5 Å². The van der Waals surface area contributed by atoms with E-state index in [1.165, 1.54) is 66.8 Å². The lowest BCUT2D eigenvalue weighted by Crippen LogP contribution is -2.28. The first-order valence-electron chi connectivity index (χ1n) is 23.5. The molecule has 0 aromatic heterocycles. The molecule has 67 heavy (non-hydrogen) atoms. The Hall–Kier alpha value is -8.20. The number of hydrogen-bond acceptors (Lipinski definition) is 2. The van der Waals surface area contributed by atoms with Gasteiger partial charge in [0.15, 0.2) is 0 Å². The van der Waals surface area contributed by atoms with Crippen LogP contribution in [0.3, 0.4) is 0 Å². The first kappa shape index (κ1) is 41.5. The Labute approximate surface area is 395 Å². The van der Waals surface area contributed by atoms with Crippen LogP contribution in [-0.4, -0.2) is 0 Å². The number of fused-ring (bicyclic) bond motifs is 3. The number of ether oxygens (including phenoxy) is 1. The Morgan fingerprint density at radius 2 is 0.776 bits per heavy atom. The van der Waals surface area contributed by atoms with Gasteiger partial charge in [0.2, 0.25) is 0 Å². The van der Waals surface area contributed by atoms with E-state index in [2.05, 4.69) is 274 Å². The second-order valence-electron chi connectivity index (χ2n) is 17.6. The average molecular weight is 862 g/mol. The van der Waals surface area contributed by atoms with Crippen molar-refractivity contribution in [3.05, 3.63) is 283 Å². The summed E-state index contributed by atoms with van der Waals surface area (Å²) in [6, 6.07) is 92.3. The molecule has 0 radical (unpaired) electrons. The highest BCUT2D eigenvalue weighted by molar-refractivity contribution is 5.89. The second-order valence-corrected chi connectivity index (χ2v) is 17.6. The smallest absolute Gasteiger partial charge is 0.127 e. The summed E-state index contributed by atoms with van der Waals surface area (Å²) in [6.07, 6.45) is 1.11. The Morgan fingerprint density at radius 3 is 1.30 bits per heavy atom. The van der Waals surface area contributed by atoms with Crippen molar-refractivity contribution in [2.24, 2.45) is 0 Å². The lowest BCUT2D eigenvalue weighted by Gasteiger charge is -2.34. The maximum absolute atomic E-state index is 6.45. The maximum Gasteiger partial charge on any atom is 0.127 e. The van der Waals surface area contributed by atoms with Crippen molar-refractivity contribution in [1.82, 2.24) is 0 Å². The van der Waals surface area contributed by atoms with Crippen LogP contribution in [0.1, 0.15) is 54.0 Å². The first-order chi connectivity index (χ1) is 33.1. The number of benzene rings is 10. The van der Waals surface area contributed by atoms with Gasteiger partial charge in [0.25, 0.3) is 0 Å². The SMILES string of the molecule is CCC(C)c1ccc(Oc2ccc(C3(c4ccccc4)c4ccccc4-c4ccc(-c5ccc(N(c6ccc(-c7ccccc7)cc6)c6ccc(-c7ccccc7)cc6)cc5)cc43)cc2)cc1. The predicted molar refractivity (Wildman–Crippen MR) is 280 cm³/mol. The number of anilines is 3. The van der Waals surface area contributed by atoms with E-state index in [1.807, 2.05) is 0 Å². The maximum atomic E-state index is 6.45. The van der Waals surface area contributed by atoms with E-state index >= 15 is 0 Å². The molecule has 0 aliphatic heterocycles. The lowest BCUT2D eigenvalue weighted by molar-refractivity contribution is 0.481. The molecule has 0 spiro atoms. The number of rotatable bonds is 12. The number of hydrogen-bond donors (Lipinski definition) is 0. The summed E-state index contributed by atoms with van der Waals surface area (Å²) in [4.78, 5) is 2.35. The molecule has 322 valence electrons. The molecule has 2 unspecified atom stereocenters. The van der Waals surface area contributed by atoms with Gasteiger partial charge in [-0.2, -0.15) is 0 Å². The molecule has 0 amide bonds. The van der Waals surface area contributed by atoms with E-state index in [4.69, 9.17) is 4.74 Å². The molecule has 2 atom stereocenters. The highest BCUT2D eigenvalue weighted by Gasteiger charge is 2.46. The zero-order chi connectivity index (χ0) is 45.2. The molecule has 2 nitrogen and oxygen atoms in total. The van der Waals surface area contributed by atoms with Crippen LogP contribution in [0.5, 0.6) is 11.5 Å². The van der Waals surface area contributed by atoms with E-state index < -0.39 is 5.41 Å². The van der Waals surface area contributed by atoms with Gasteiger partial charge < -0.3 is 9.64 Å². The average Bonchev–Trinajstić information content (AvgIpc) is 3.70. The van der Waals surface area contributed by atoms with Crippen molar-refractivity contribution < 1.29 is 4.74 Å². The zero-order valence-corrected chi connectivity index (χ0v) is 37.9. The monoisotopic (exact) mass is 861 g/mol. The van der Waals surface area contributed by atoms with Crippen LogP contribution in [0.4, 0.5) is 17.1 Å². The van der Waals surface area contributed by atoms with Crippen molar-refractivity contribution >= 4 is 17.1 Å². The van der Waals surface area contributed by atoms with Crippen molar-refractivity contribution in [2.75, 3.05) is 4.90 Å². The van der Waals surface area contributed by atoms with Crippen LogP contribution in [0.15, 0.2) is 255 Å².